The van der Waals surface area contributed by atoms with Crippen LogP contribution in [0.2, 0.25) is 0 Å². The van der Waals surface area contributed by atoms with Crippen LogP contribution in [0.15, 0.2) is 52.3 Å². The molecule has 2 aromatic heterocycles. The largest absolute Gasteiger partial charge is 0.438 e. The fourth-order valence-electron chi connectivity index (χ4n) is 3.25. The van der Waals surface area contributed by atoms with E-state index in [2.05, 4.69) is 4.98 Å². The van der Waals surface area contributed by atoms with Crippen LogP contribution in [0, 0.1) is 12.7 Å². The molecule has 1 aliphatic rings. The summed E-state index contributed by atoms with van der Waals surface area (Å²) >= 11 is 6.51. The number of amides is 1. The van der Waals surface area contributed by atoms with Gasteiger partial charge in [0, 0.05) is 12.7 Å². The van der Waals surface area contributed by atoms with Crippen LogP contribution in [0.4, 0.5) is 4.39 Å². The second-order valence-corrected chi connectivity index (χ2v) is 8.94. The number of thioether (sulfide) groups is 1. The summed E-state index contributed by atoms with van der Waals surface area (Å²) in [7, 11) is 0. The number of rotatable bonds is 6. The van der Waals surface area contributed by atoms with Gasteiger partial charge in [0.1, 0.15) is 27.1 Å². The maximum absolute atomic E-state index is 13.3. The molecule has 0 unspecified atom stereocenters. The van der Waals surface area contributed by atoms with E-state index in [1.54, 1.807) is 17.2 Å². The van der Waals surface area contributed by atoms with Gasteiger partial charge in [0.2, 0.25) is 5.88 Å². The van der Waals surface area contributed by atoms with Crippen molar-refractivity contribution in [1.82, 2.24) is 14.3 Å². The number of aryl methyl sites for hydroxylation is 1. The smallest absolute Gasteiger partial charge is 0.269 e. The summed E-state index contributed by atoms with van der Waals surface area (Å²) in [6.07, 6.45) is 4.86. The maximum Gasteiger partial charge on any atom is 0.269 e. The Balaban J connectivity index is 1.84. The van der Waals surface area contributed by atoms with Gasteiger partial charge in [-0.25, -0.2) is 4.39 Å². The molecule has 1 fully saturated rings. The Hall–Kier alpha value is -3.04. The molecule has 0 saturated carbocycles. The Kier molecular flexibility index (Phi) is 6.38. The summed E-state index contributed by atoms with van der Waals surface area (Å²) in [5.74, 6) is -0.290. The van der Waals surface area contributed by atoms with Crippen molar-refractivity contribution in [1.29, 1.82) is 0 Å². The van der Waals surface area contributed by atoms with Crippen LogP contribution in [0.5, 0.6) is 11.6 Å². The molecule has 3 heterocycles. The van der Waals surface area contributed by atoms with Crippen LogP contribution >= 0.6 is 24.0 Å². The lowest BCUT2D eigenvalue weighted by Crippen LogP contribution is -2.29. The zero-order valence-electron chi connectivity index (χ0n) is 17.5. The van der Waals surface area contributed by atoms with E-state index in [0.29, 0.717) is 27.2 Å². The highest BCUT2D eigenvalue weighted by Gasteiger charge is 2.32. The Bertz CT molecular complexity index is 1300. The number of carbonyl (C=O) groups excluding carboxylic acids is 1. The number of ether oxygens (including phenoxy) is 1. The first-order valence-corrected chi connectivity index (χ1v) is 11.3. The number of aromatic nitrogens is 2. The van der Waals surface area contributed by atoms with Crippen molar-refractivity contribution in [3.8, 4) is 11.6 Å². The molecular weight excluding hydrogens is 449 g/mol. The van der Waals surface area contributed by atoms with Gasteiger partial charge in [-0.15, -0.1) is 0 Å². The van der Waals surface area contributed by atoms with Crippen LogP contribution in [0.1, 0.15) is 30.9 Å². The molecule has 0 spiro atoms. The van der Waals surface area contributed by atoms with E-state index in [9.17, 15) is 14.0 Å². The maximum atomic E-state index is 13.3. The summed E-state index contributed by atoms with van der Waals surface area (Å²) in [5, 5.41) is 0. The Morgan fingerprint density at radius 3 is 2.69 bits per heavy atom. The topological polar surface area (TPSA) is 63.9 Å². The number of pyridine rings is 1. The second kappa shape index (κ2) is 9.22. The molecule has 1 amide bonds. The zero-order valence-corrected chi connectivity index (χ0v) is 19.1. The lowest BCUT2D eigenvalue weighted by molar-refractivity contribution is -0.122. The minimum absolute atomic E-state index is 0.0368. The van der Waals surface area contributed by atoms with E-state index >= 15 is 0 Å². The van der Waals surface area contributed by atoms with Crippen molar-refractivity contribution < 1.29 is 13.9 Å². The minimum Gasteiger partial charge on any atom is -0.438 e. The third-order valence-electron chi connectivity index (χ3n) is 4.96. The molecule has 6 nitrogen and oxygen atoms in total. The van der Waals surface area contributed by atoms with E-state index in [4.69, 9.17) is 17.0 Å². The van der Waals surface area contributed by atoms with Crippen molar-refractivity contribution in [2.24, 2.45) is 0 Å². The number of halogens is 1. The number of fused-ring (bicyclic) bond motifs is 1. The van der Waals surface area contributed by atoms with Crippen LogP contribution in [0.25, 0.3) is 11.7 Å². The molecule has 3 aromatic rings. The number of unbranched alkanes of at least 4 members (excludes halogenated alkanes) is 1. The van der Waals surface area contributed by atoms with Gasteiger partial charge >= 0.3 is 0 Å². The molecule has 32 heavy (non-hydrogen) atoms. The molecule has 0 atom stereocenters. The molecule has 0 radical (unpaired) electrons. The summed E-state index contributed by atoms with van der Waals surface area (Å²) in [5.41, 5.74) is 0.955. The van der Waals surface area contributed by atoms with E-state index < -0.39 is 5.82 Å². The predicted octanol–water partition coefficient (Wildman–Crippen LogP) is 4.94. The van der Waals surface area contributed by atoms with Gasteiger partial charge in [0.15, 0.2) is 0 Å². The number of carbonyl (C=O) groups is 1. The second-order valence-electron chi connectivity index (χ2n) is 7.26. The predicted molar refractivity (Wildman–Crippen MR) is 127 cm³/mol. The molecule has 1 aliphatic heterocycles. The normalized spacial score (nSPS) is 15.2. The Labute approximate surface area is 193 Å². The molecule has 0 N–H and O–H groups in total. The number of hydrogen-bond donors (Lipinski definition) is 0. The number of hydrogen-bond acceptors (Lipinski definition) is 6. The molecule has 0 bridgehead atoms. The Morgan fingerprint density at radius 2 is 1.97 bits per heavy atom. The summed E-state index contributed by atoms with van der Waals surface area (Å²) in [6.45, 7) is 4.41. The first kappa shape index (κ1) is 22.2. The highest BCUT2D eigenvalue weighted by Crippen LogP contribution is 2.34. The highest BCUT2D eigenvalue weighted by atomic mass is 32.2. The fraction of sp³-hybridized carbons (Fsp3) is 0.217. The molecule has 9 heteroatoms. The molecule has 4 rings (SSSR count). The monoisotopic (exact) mass is 469 g/mol. The SMILES string of the molecule is CCCCN1C(=O)/C(=C\c2c(Oc3ccc(F)cc3)nc3c(C)cccn3c2=O)SC1=S. The summed E-state index contributed by atoms with van der Waals surface area (Å²) < 4.78 is 21.1. The molecule has 1 saturated heterocycles. The third-order valence-corrected chi connectivity index (χ3v) is 6.34. The lowest BCUT2D eigenvalue weighted by atomic mass is 10.2. The number of thiocarbonyl (C=S) groups is 1. The van der Waals surface area contributed by atoms with Crippen molar-refractivity contribution in [3.05, 3.63) is 74.8 Å². The molecule has 1 aromatic carbocycles. The summed E-state index contributed by atoms with van der Waals surface area (Å²) in [4.78, 5) is 32.7. The van der Waals surface area contributed by atoms with Gasteiger partial charge in [0.05, 0.1) is 4.91 Å². The van der Waals surface area contributed by atoms with Gasteiger partial charge in [-0.2, -0.15) is 4.98 Å². The van der Waals surface area contributed by atoms with Gasteiger partial charge < -0.3 is 4.74 Å². The van der Waals surface area contributed by atoms with Gasteiger partial charge in [-0.1, -0.05) is 43.4 Å². The van der Waals surface area contributed by atoms with Gasteiger partial charge in [-0.3, -0.25) is 18.9 Å². The van der Waals surface area contributed by atoms with Gasteiger partial charge in [-0.05, 0) is 55.3 Å². The molecule has 164 valence electrons. The van der Waals surface area contributed by atoms with Crippen LogP contribution in [-0.4, -0.2) is 31.1 Å². The van der Waals surface area contributed by atoms with Crippen LogP contribution < -0.4 is 10.3 Å². The first-order chi connectivity index (χ1) is 15.4. The zero-order chi connectivity index (χ0) is 22.8. The average molecular weight is 470 g/mol. The minimum atomic E-state index is -0.407. The molecule has 0 aliphatic carbocycles. The van der Waals surface area contributed by atoms with Crippen LogP contribution in [-0.2, 0) is 4.79 Å². The number of nitrogens with zero attached hydrogens (tertiary/aromatic N) is 3. The third kappa shape index (κ3) is 4.31. The standard InChI is InChI=1S/C23H20FN3O3S2/c1-3-4-11-27-22(29)18(32-23(27)31)13-17-20(30-16-9-7-15(24)8-10-16)25-19-14(2)6-5-12-26(19)21(17)28/h5-10,12-13H,3-4,11H2,1-2H3/b18-13+. The lowest BCUT2D eigenvalue weighted by Gasteiger charge is -2.13. The average Bonchev–Trinajstić information content (AvgIpc) is 3.04. The van der Waals surface area contributed by atoms with Crippen molar-refractivity contribution in [2.45, 2.75) is 26.7 Å². The van der Waals surface area contributed by atoms with Crippen molar-refractivity contribution in [3.63, 3.8) is 0 Å². The fourth-order valence-corrected chi connectivity index (χ4v) is 4.54. The van der Waals surface area contributed by atoms with E-state index in [-0.39, 0.29) is 22.9 Å². The van der Waals surface area contributed by atoms with E-state index in [0.717, 1.165) is 30.2 Å². The Morgan fingerprint density at radius 1 is 1.22 bits per heavy atom. The summed E-state index contributed by atoms with van der Waals surface area (Å²) in [6, 6.07) is 9.00. The first-order valence-electron chi connectivity index (χ1n) is 10.1. The van der Waals surface area contributed by atoms with Gasteiger partial charge in [0.25, 0.3) is 11.5 Å². The van der Waals surface area contributed by atoms with Crippen molar-refractivity contribution in [2.75, 3.05) is 6.54 Å². The van der Waals surface area contributed by atoms with Crippen molar-refractivity contribution >= 4 is 45.9 Å². The number of benzene rings is 1. The van der Waals surface area contributed by atoms with E-state index in [1.807, 2.05) is 19.9 Å². The van der Waals surface area contributed by atoms with E-state index in [1.165, 1.54) is 34.7 Å². The quantitative estimate of drug-likeness (QED) is 0.377. The molecular formula is C23H20FN3O3S2. The highest BCUT2D eigenvalue weighted by molar-refractivity contribution is 8.26. The van der Waals surface area contributed by atoms with Crippen LogP contribution in [0.3, 0.4) is 0 Å².